The summed E-state index contributed by atoms with van der Waals surface area (Å²) < 4.78 is 6.76. The summed E-state index contributed by atoms with van der Waals surface area (Å²) in [6.07, 6.45) is 7.31. The third kappa shape index (κ3) is 5.68. The van der Waals surface area contributed by atoms with Crippen LogP contribution in [-0.2, 0) is 20.9 Å². The number of hydrogen-bond donors (Lipinski definition) is 1. The number of aromatic nitrogens is 2. The predicted octanol–water partition coefficient (Wildman–Crippen LogP) is 3.11. The van der Waals surface area contributed by atoms with E-state index in [1.807, 2.05) is 19.1 Å². The Balaban J connectivity index is 1.43. The first-order valence-corrected chi connectivity index (χ1v) is 10.9. The number of nitrogens with zero attached hydrogens (tertiary/aromatic N) is 2. The van der Waals surface area contributed by atoms with Crippen LogP contribution in [0.5, 0.6) is 0 Å². The van der Waals surface area contributed by atoms with Crippen molar-refractivity contribution in [1.29, 1.82) is 0 Å². The van der Waals surface area contributed by atoms with Crippen LogP contribution in [0.2, 0.25) is 0 Å². The second kappa shape index (κ2) is 10.4. The molecule has 1 aliphatic rings. The number of carbonyl (C=O) groups is 2. The van der Waals surface area contributed by atoms with Gasteiger partial charge in [0.25, 0.3) is 11.5 Å². The molecule has 1 fully saturated rings. The van der Waals surface area contributed by atoms with E-state index in [4.69, 9.17) is 4.74 Å². The Morgan fingerprint density at radius 1 is 1.27 bits per heavy atom. The number of rotatable bonds is 8. The fourth-order valence-electron chi connectivity index (χ4n) is 3.98. The highest BCUT2D eigenvalue weighted by Crippen LogP contribution is 2.22. The van der Waals surface area contributed by atoms with Gasteiger partial charge in [0, 0.05) is 19.5 Å². The zero-order valence-corrected chi connectivity index (χ0v) is 17.9. The quantitative estimate of drug-likeness (QED) is 0.672. The predicted molar refractivity (Wildman–Crippen MR) is 115 cm³/mol. The van der Waals surface area contributed by atoms with E-state index >= 15 is 0 Å². The van der Waals surface area contributed by atoms with E-state index in [-0.39, 0.29) is 17.9 Å². The van der Waals surface area contributed by atoms with E-state index in [9.17, 15) is 14.4 Å². The summed E-state index contributed by atoms with van der Waals surface area (Å²) in [7, 11) is 0. The van der Waals surface area contributed by atoms with Gasteiger partial charge in [0.05, 0.1) is 17.2 Å². The van der Waals surface area contributed by atoms with Crippen LogP contribution in [0, 0.1) is 12.8 Å². The Morgan fingerprint density at radius 2 is 2.03 bits per heavy atom. The van der Waals surface area contributed by atoms with Crippen LogP contribution in [0.1, 0.15) is 57.4 Å². The third-order valence-electron chi connectivity index (χ3n) is 5.80. The van der Waals surface area contributed by atoms with E-state index in [2.05, 4.69) is 10.3 Å². The summed E-state index contributed by atoms with van der Waals surface area (Å²) in [4.78, 5) is 41.2. The van der Waals surface area contributed by atoms with Crippen molar-refractivity contribution in [2.24, 2.45) is 5.92 Å². The lowest BCUT2D eigenvalue weighted by molar-refractivity contribution is -0.155. The molecule has 1 aromatic carbocycles. The van der Waals surface area contributed by atoms with Crippen molar-refractivity contribution < 1.29 is 14.3 Å². The van der Waals surface area contributed by atoms with Gasteiger partial charge in [0.1, 0.15) is 0 Å². The minimum absolute atomic E-state index is 0.118. The molecule has 1 atom stereocenters. The van der Waals surface area contributed by atoms with Crippen LogP contribution in [0.3, 0.4) is 0 Å². The molecule has 1 saturated carbocycles. The smallest absolute Gasteiger partial charge is 0.306 e. The molecular weight excluding hydrogens is 382 g/mol. The van der Waals surface area contributed by atoms with E-state index in [0.717, 1.165) is 18.4 Å². The summed E-state index contributed by atoms with van der Waals surface area (Å²) in [5.41, 5.74) is 1.54. The summed E-state index contributed by atoms with van der Waals surface area (Å²) in [5.74, 6) is -0.157. The molecule has 0 aliphatic heterocycles. The zero-order valence-electron chi connectivity index (χ0n) is 17.9. The Kier molecular flexibility index (Phi) is 7.60. The number of amides is 1. The molecule has 0 spiro atoms. The molecule has 1 aliphatic carbocycles. The molecule has 0 radical (unpaired) electrons. The normalized spacial score (nSPS) is 15.7. The zero-order chi connectivity index (χ0) is 21.5. The average Bonchev–Trinajstić information content (AvgIpc) is 2.74. The molecule has 0 saturated heterocycles. The lowest BCUT2D eigenvalue weighted by Gasteiger charge is -2.22. The number of para-hydroxylation sites is 1. The van der Waals surface area contributed by atoms with Gasteiger partial charge in [-0.15, -0.1) is 0 Å². The standard InChI is InChI=1S/C23H31N3O4/c1-16-8-6-11-19-21(16)25-15-26(23(19)29)13-7-12-20(27)30-17(2)22(28)24-14-18-9-4-3-5-10-18/h6,8,11,15,17-18H,3-5,7,9-10,12-14H2,1-2H3,(H,24,28). The van der Waals surface area contributed by atoms with Crippen molar-refractivity contribution in [1.82, 2.24) is 14.9 Å². The van der Waals surface area contributed by atoms with Crippen LogP contribution in [0.25, 0.3) is 10.9 Å². The third-order valence-corrected chi connectivity index (χ3v) is 5.80. The highest BCUT2D eigenvalue weighted by Gasteiger charge is 2.20. The van der Waals surface area contributed by atoms with E-state index < -0.39 is 12.1 Å². The summed E-state index contributed by atoms with van der Waals surface area (Å²) in [5, 5.41) is 3.47. The average molecular weight is 414 g/mol. The van der Waals surface area contributed by atoms with E-state index in [1.54, 1.807) is 13.0 Å². The van der Waals surface area contributed by atoms with Crippen molar-refractivity contribution in [3.05, 3.63) is 40.4 Å². The number of aryl methyl sites for hydroxylation is 2. The van der Waals surface area contributed by atoms with Crippen molar-refractivity contribution in [3.63, 3.8) is 0 Å². The van der Waals surface area contributed by atoms with Gasteiger partial charge in [-0.05, 0) is 50.7 Å². The maximum Gasteiger partial charge on any atom is 0.306 e. The van der Waals surface area contributed by atoms with Crippen molar-refractivity contribution in [3.8, 4) is 0 Å². The second-order valence-corrected chi connectivity index (χ2v) is 8.20. The van der Waals surface area contributed by atoms with Crippen LogP contribution in [0.15, 0.2) is 29.3 Å². The lowest BCUT2D eigenvalue weighted by atomic mass is 9.89. The molecule has 1 aromatic heterocycles. The Hall–Kier alpha value is -2.70. The number of fused-ring (bicyclic) bond motifs is 1. The molecular formula is C23H31N3O4. The molecule has 162 valence electrons. The SMILES string of the molecule is Cc1cccc2c(=O)n(CCCC(=O)OC(C)C(=O)NCC3CCCCC3)cnc12. The van der Waals surface area contributed by atoms with Crippen LogP contribution in [0.4, 0.5) is 0 Å². The highest BCUT2D eigenvalue weighted by atomic mass is 16.5. The first-order valence-electron chi connectivity index (χ1n) is 10.9. The van der Waals surface area contributed by atoms with Crippen LogP contribution < -0.4 is 10.9 Å². The monoisotopic (exact) mass is 413 g/mol. The first-order chi connectivity index (χ1) is 14.5. The van der Waals surface area contributed by atoms with Crippen molar-refractivity contribution in [2.75, 3.05) is 6.54 Å². The van der Waals surface area contributed by atoms with Crippen molar-refractivity contribution in [2.45, 2.75) is 71.4 Å². The molecule has 7 nitrogen and oxygen atoms in total. The summed E-state index contributed by atoms with van der Waals surface area (Å²) in [6.45, 7) is 4.53. The van der Waals surface area contributed by atoms with Crippen LogP contribution >= 0.6 is 0 Å². The maximum atomic E-state index is 12.6. The number of benzene rings is 1. The molecule has 30 heavy (non-hydrogen) atoms. The lowest BCUT2D eigenvalue weighted by Crippen LogP contribution is -2.38. The molecule has 3 rings (SSSR count). The van der Waals surface area contributed by atoms with Gasteiger partial charge in [0.15, 0.2) is 6.10 Å². The summed E-state index contributed by atoms with van der Waals surface area (Å²) >= 11 is 0. The fraction of sp³-hybridized carbons (Fsp3) is 0.565. The molecule has 1 N–H and O–H groups in total. The number of esters is 1. The van der Waals surface area contributed by atoms with E-state index in [0.29, 0.717) is 36.3 Å². The fourth-order valence-corrected chi connectivity index (χ4v) is 3.98. The first kappa shape index (κ1) is 22.0. The minimum Gasteiger partial charge on any atom is -0.453 e. The van der Waals surface area contributed by atoms with Gasteiger partial charge in [-0.3, -0.25) is 19.0 Å². The number of nitrogens with one attached hydrogen (secondary N) is 1. The molecule has 1 heterocycles. The molecule has 7 heteroatoms. The topological polar surface area (TPSA) is 90.3 Å². The van der Waals surface area contributed by atoms with E-state index in [1.165, 1.54) is 30.2 Å². The van der Waals surface area contributed by atoms with Crippen LogP contribution in [-0.4, -0.2) is 34.1 Å². The minimum atomic E-state index is -0.811. The number of carbonyl (C=O) groups excluding carboxylic acids is 2. The largest absolute Gasteiger partial charge is 0.453 e. The Morgan fingerprint density at radius 3 is 2.80 bits per heavy atom. The van der Waals surface area contributed by atoms with Gasteiger partial charge < -0.3 is 10.1 Å². The maximum absolute atomic E-state index is 12.6. The Bertz CT molecular complexity index is 947. The number of hydrogen-bond acceptors (Lipinski definition) is 5. The van der Waals surface area contributed by atoms with Gasteiger partial charge in [-0.2, -0.15) is 0 Å². The number of ether oxygens (including phenoxy) is 1. The molecule has 0 bridgehead atoms. The van der Waals surface area contributed by atoms with Gasteiger partial charge in [-0.25, -0.2) is 4.98 Å². The molecule has 2 aromatic rings. The van der Waals surface area contributed by atoms with Crippen molar-refractivity contribution >= 4 is 22.8 Å². The molecule has 1 unspecified atom stereocenters. The Labute approximate surface area is 176 Å². The van der Waals surface area contributed by atoms with Gasteiger partial charge in [-0.1, -0.05) is 31.4 Å². The highest BCUT2D eigenvalue weighted by molar-refractivity contribution is 5.83. The second-order valence-electron chi connectivity index (χ2n) is 8.20. The van der Waals surface area contributed by atoms with Gasteiger partial charge >= 0.3 is 5.97 Å². The summed E-state index contributed by atoms with van der Waals surface area (Å²) in [6, 6.07) is 5.51. The van der Waals surface area contributed by atoms with Gasteiger partial charge in [0.2, 0.25) is 0 Å². The molecule has 1 amide bonds.